The van der Waals surface area contributed by atoms with E-state index in [4.69, 9.17) is 9.72 Å². The molecule has 0 aliphatic heterocycles. The number of benzene rings is 3. The van der Waals surface area contributed by atoms with Crippen LogP contribution < -0.4 is 5.32 Å². The Balaban J connectivity index is 1.71. The number of rotatable bonds is 9. The van der Waals surface area contributed by atoms with E-state index in [-0.39, 0.29) is 11.5 Å². The molecule has 0 radical (unpaired) electrons. The molecule has 0 unspecified atom stereocenters. The number of anilines is 1. The van der Waals surface area contributed by atoms with Crippen molar-refractivity contribution in [3.05, 3.63) is 94.6 Å². The summed E-state index contributed by atoms with van der Waals surface area (Å²) in [6.07, 6.45) is 1.78. The van der Waals surface area contributed by atoms with Crippen LogP contribution >= 0.6 is 0 Å². The van der Waals surface area contributed by atoms with Gasteiger partial charge in [0.05, 0.1) is 16.6 Å². The highest BCUT2D eigenvalue weighted by Gasteiger charge is 2.21. The minimum absolute atomic E-state index is 0.0104. The first-order chi connectivity index (χ1) is 20.4. The lowest BCUT2D eigenvalue weighted by Gasteiger charge is -2.20. The molecule has 220 valence electrons. The summed E-state index contributed by atoms with van der Waals surface area (Å²) < 4.78 is 7.88. The number of carbonyl (C=O) groups is 1. The SMILES string of the molecule is CCCc1nc2c(C)cc(NC(=C(C#N)C#N)N(C)C)cc2n1Cc1ccc(-c2ccccc2C(=O)OC(C)(C)C)cc1. The standard InChI is InChI=1S/C35H38N6O2/c1-8-11-31-39-32-23(2)18-27(38-33(40(6)7)26(20-36)21-37)19-30(32)41(31)22-24-14-16-25(17-15-24)28-12-9-10-13-29(28)34(42)43-35(3,4)5/h9-10,12-19,38H,8,11,22H2,1-7H3. The van der Waals surface area contributed by atoms with Gasteiger partial charge in [0.15, 0.2) is 5.57 Å². The van der Waals surface area contributed by atoms with Gasteiger partial charge in [0.1, 0.15) is 29.4 Å². The summed E-state index contributed by atoms with van der Waals surface area (Å²) in [4.78, 5) is 19.6. The molecule has 0 amide bonds. The quantitative estimate of drug-likeness (QED) is 0.166. The third-order valence-corrected chi connectivity index (χ3v) is 6.92. The van der Waals surface area contributed by atoms with Gasteiger partial charge < -0.3 is 19.5 Å². The maximum atomic E-state index is 12.9. The first kappa shape index (κ1) is 30.9. The molecule has 4 rings (SSSR count). The second-order valence-electron chi connectivity index (χ2n) is 11.7. The number of imidazole rings is 1. The highest BCUT2D eigenvalue weighted by Crippen LogP contribution is 2.29. The highest BCUT2D eigenvalue weighted by molar-refractivity contribution is 5.97. The maximum absolute atomic E-state index is 12.9. The number of aromatic nitrogens is 2. The molecule has 1 N–H and O–H groups in total. The summed E-state index contributed by atoms with van der Waals surface area (Å²) >= 11 is 0. The van der Waals surface area contributed by atoms with Crippen molar-refractivity contribution in [3.63, 3.8) is 0 Å². The van der Waals surface area contributed by atoms with E-state index >= 15 is 0 Å². The van der Waals surface area contributed by atoms with Gasteiger partial charge in [-0.15, -0.1) is 0 Å². The Morgan fingerprint density at radius 3 is 2.33 bits per heavy atom. The molecule has 1 aromatic heterocycles. The van der Waals surface area contributed by atoms with Crippen molar-refractivity contribution in [2.75, 3.05) is 19.4 Å². The number of hydrogen-bond donors (Lipinski definition) is 1. The number of aryl methyl sites for hydroxylation is 2. The number of fused-ring (bicyclic) bond motifs is 1. The lowest BCUT2D eigenvalue weighted by Crippen LogP contribution is -2.24. The Morgan fingerprint density at radius 2 is 1.72 bits per heavy atom. The number of nitrogens with one attached hydrogen (secondary N) is 1. The van der Waals surface area contributed by atoms with Crippen LogP contribution in [0.3, 0.4) is 0 Å². The molecule has 0 saturated heterocycles. The van der Waals surface area contributed by atoms with Gasteiger partial charge in [-0.2, -0.15) is 10.5 Å². The van der Waals surface area contributed by atoms with E-state index in [9.17, 15) is 15.3 Å². The molecule has 0 spiro atoms. The van der Waals surface area contributed by atoms with E-state index in [0.717, 1.165) is 57.6 Å². The van der Waals surface area contributed by atoms with E-state index in [1.54, 1.807) is 25.1 Å². The summed E-state index contributed by atoms with van der Waals surface area (Å²) in [5.74, 6) is 1.09. The molecule has 0 aliphatic rings. The van der Waals surface area contributed by atoms with Gasteiger partial charge in [-0.1, -0.05) is 49.4 Å². The normalized spacial score (nSPS) is 11.0. The average molecular weight is 575 g/mol. The van der Waals surface area contributed by atoms with E-state index in [1.165, 1.54) is 0 Å². The van der Waals surface area contributed by atoms with Gasteiger partial charge in [-0.25, -0.2) is 9.78 Å². The van der Waals surface area contributed by atoms with Crippen LogP contribution in [-0.2, 0) is 17.7 Å². The molecule has 1 heterocycles. The molecule has 0 bridgehead atoms. The summed E-state index contributed by atoms with van der Waals surface area (Å²) in [5, 5.41) is 22.2. The number of allylic oxidation sites excluding steroid dienone is 1. The monoisotopic (exact) mass is 574 g/mol. The fraction of sp³-hybridized carbons (Fsp3) is 0.314. The Bertz CT molecular complexity index is 1740. The second-order valence-corrected chi connectivity index (χ2v) is 11.7. The van der Waals surface area contributed by atoms with Crippen LogP contribution in [0, 0.1) is 29.6 Å². The fourth-order valence-electron chi connectivity index (χ4n) is 4.99. The molecular formula is C35H38N6O2. The van der Waals surface area contributed by atoms with E-state index in [0.29, 0.717) is 17.9 Å². The van der Waals surface area contributed by atoms with Crippen molar-refractivity contribution in [1.82, 2.24) is 14.5 Å². The van der Waals surface area contributed by atoms with Gasteiger partial charge in [0.2, 0.25) is 0 Å². The van der Waals surface area contributed by atoms with Crippen molar-refractivity contribution in [2.45, 2.75) is 59.6 Å². The number of ether oxygens (including phenoxy) is 1. The fourth-order valence-corrected chi connectivity index (χ4v) is 4.99. The second kappa shape index (κ2) is 12.8. The van der Waals surface area contributed by atoms with Crippen LogP contribution in [-0.4, -0.2) is 40.1 Å². The molecule has 8 heteroatoms. The number of hydrogen-bond acceptors (Lipinski definition) is 7. The molecular weight excluding hydrogens is 536 g/mol. The predicted molar refractivity (Wildman–Crippen MR) is 170 cm³/mol. The summed E-state index contributed by atoms with van der Waals surface area (Å²) in [6, 6.07) is 23.7. The van der Waals surface area contributed by atoms with Crippen LogP contribution in [0.2, 0.25) is 0 Å². The van der Waals surface area contributed by atoms with Crippen molar-refractivity contribution in [3.8, 4) is 23.3 Å². The van der Waals surface area contributed by atoms with E-state index < -0.39 is 5.60 Å². The van der Waals surface area contributed by atoms with Gasteiger partial charge in [-0.05, 0) is 74.6 Å². The zero-order valence-corrected chi connectivity index (χ0v) is 25.9. The Kier molecular flexibility index (Phi) is 9.21. The van der Waals surface area contributed by atoms with E-state index in [1.807, 2.05) is 82.3 Å². The number of esters is 1. The molecule has 0 atom stereocenters. The van der Waals surface area contributed by atoms with E-state index in [2.05, 4.69) is 28.9 Å². The minimum Gasteiger partial charge on any atom is -0.456 e. The zero-order chi connectivity index (χ0) is 31.3. The minimum atomic E-state index is -0.580. The first-order valence-electron chi connectivity index (χ1n) is 14.4. The molecule has 4 aromatic rings. The summed E-state index contributed by atoms with van der Waals surface area (Å²) in [6.45, 7) is 10.4. The largest absolute Gasteiger partial charge is 0.456 e. The topological polar surface area (TPSA) is 107 Å². The Morgan fingerprint density at radius 1 is 1.05 bits per heavy atom. The Hall–Kier alpha value is -5.08. The van der Waals surface area contributed by atoms with Crippen LogP contribution in [0.25, 0.3) is 22.2 Å². The zero-order valence-electron chi connectivity index (χ0n) is 25.9. The molecule has 0 saturated carbocycles. The predicted octanol–water partition coefficient (Wildman–Crippen LogP) is 7.20. The maximum Gasteiger partial charge on any atom is 0.339 e. The van der Waals surface area contributed by atoms with Gasteiger partial charge in [0.25, 0.3) is 0 Å². The van der Waals surface area contributed by atoms with Crippen molar-refractivity contribution in [1.29, 1.82) is 10.5 Å². The van der Waals surface area contributed by atoms with Crippen LogP contribution in [0.5, 0.6) is 0 Å². The van der Waals surface area contributed by atoms with Crippen molar-refractivity contribution < 1.29 is 9.53 Å². The van der Waals surface area contributed by atoms with Gasteiger partial charge in [0, 0.05) is 32.7 Å². The van der Waals surface area contributed by atoms with Crippen LogP contribution in [0.1, 0.15) is 61.4 Å². The number of nitrogens with zero attached hydrogens (tertiary/aromatic N) is 5. The van der Waals surface area contributed by atoms with Crippen molar-refractivity contribution in [2.24, 2.45) is 0 Å². The highest BCUT2D eigenvalue weighted by atomic mass is 16.6. The molecule has 0 fully saturated rings. The van der Waals surface area contributed by atoms with Gasteiger partial charge >= 0.3 is 5.97 Å². The summed E-state index contributed by atoms with van der Waals surface area (Å²) in [7, 11) is 3.59. The number of nitriles is 2. The molecule has 8 nitrogen and oxygen atoms in total. The Labute approximate surface area is 253 Å². The lowest BCUT2D eigenvalue weighted by molar-refractivity contribution is 0.00704. The summed E-state index contributed by atoms with van der Waals surface area (Å²) in [5.41, 5.74) is 6.49. The van der Waals surface area contributed by atoms with Gasteiger partial charge in [-0.3, -0.25) is 0 Å². The molecule has 0 aliphatic carbocycles. The number of carbonyl (C=O) groups excluding carboxylic acids is 1. The van der Waals surface area contributed by atoms with Crippen LogP contribution in [0.4, 0.5) is 5.69 Å². The molecule has 43 heavy (non-hydrogen) atoms. The first-order valence-corrected chi connectivity index (χ1v) is 14.4. The molecule has 3 aromatic carbocycles. The van der Waals surface area contributed by atoms with Crippen LogP contribution in [0.15, 0.2) is 72.1 Å². The third-order valence-electron chi connectivity index (χ3n) is 6.92. The third kappa shape index (κ3) is 7.05. The lowest BCUT2D eigenvalue weighted by atomic mass is 9.98. The average Bonchev–Trinajstić information content (AvgIpc) is 3.30. The van der Waals surface area contributed by atoms with Crippen molar-refractivity contribution >= 4 is 22.7 Å². The smallest absolute Gasteiger partial charge is 0.339 e.